The van der Waals surface area contributed by atoms with Crippen LogP contribution in [0.2, 0.25) is 0 Å². The second-order valence-electron chi connectivity index (χ2n) is 6.29. The zero-order valence-corrected chi connectivity index (χ0v) is 13.9. The molecule has 1 aromatic carbocycles. The van der Waals surface area contributed by atoms with Gasteiger partial charge in [0.15, 0.2) is 0 Å². The number of anilines is 1. The van der Waals surface area contributed by atoms with Crippen LogP contribution in [0.4, 0.5) is 5.69 Å². The minimum Gasteiger partial charge on any atom is -0.396 e. The summed E-state index contributed by atoms with van der Waals surface area (Å²) in [5, 5.41) is 11.8. The van der Waals surface area contributed by atoms with Crippen LogP contribution in [0.15, 0.2) is 24.3 Å². The lowest BCUT2D eigenvalue weighted by Crippen LogP contribution is -2.35. The highest BCUT2D eigenvalue weighted by Gasteiger charge is 2.35. The van der Waals surface area contributed by atoms with Crippen molar-refractivity contribution in [1.82, 2.24) is 5.32 Å². The van der Waals surface area contributed by atoms with Crippen LogP contribution < -0.4 is 10.2 Å². The Morgan fingerprint density at radius 2 is 2.09 bits per heavy atom. The minimum atomic E-state index is -0.297. The second-order valence-corrected chi connectivity index (χ2v) is 6.29. The second kappa shape index (κ2) is 8.11. The molecule has 0 radical (unpaired) electrons. The van der Waals surface area contributed by atoms with Crippen molar-refractivity contribution in [3.63, 3.8) is 0 Å². The molecule has 1 aliphatic heterocycles. The van der Waals surface area contributed by atoms with Gasteiger partial charge in [-0.3, -0.25) is 9.59 Å². The fourth-order valence-corrected chi connectivity index (χ4v) is 2.79. The number of benzene rings is 1. The maximum Gasteiger partial charge on any atom is 0.227 e. The van der Waals surface area contributed by atoms with E-state index < -0.39 is 0 Å². The van der Waals surface area contributed by atoms with Crippen LogP contribution in [-0.2, 0) is 16.0 Å². The van der Waals surface area contributed by atoms with Gasteiger partial charge in [-0.1, -0.05) is 26.0 Å². The average molecular weight is 318 g/mol. The Morgan fingerprint density at radius 3 is 2.70 bits per heavy atom. The normalized spacial score (nSPS) is 19.0. The molecule has 1 aromatic rings. The van der Waals surface area contributed by atoms with Crippen molar-refractivity contribution >= 4 is 17.5 Å². The van der Waals surface area contributed by atoms with E-state index >= 15 is 0 Å². The lowest BCUT2D eigenvalue weighted by atomic mass is 10.1. The quantitative estimate of drug-likeness (QED) is 0.804. The van der Waals surface area contributed by atoms with Crippen LogP contribution in [0.3, 0.4) is 0 Å². The van der Waals surface area contributed by atoms with E-state index in [1.165, 1.54) is 5.56 Å². The molecule has 126 valence electrons. The van der Waals surface area contributed by atoms with E-state index in [1.807, 2.05) is 31.2 Å². The summed E-state index contributed by atoms with van der Waals surface area (Å²) in [6.07, 6.45) is 1.89. The van der Waals surface area contributed by atoms with Gasteiger partial charge < -0.3 is 15.3 Å². The van der Waals surface area contributed by atoms with Gasteiger partial charge in [0.25, 0.3) is 0 Å². The molecule has 2 amide bonds. The number of aryl methyl sites for hydroxylation is 1. The number of carbonyl (C=O) groups excluding carboxylic acids is 2. The number of amides is 2. The largest absolute Gasteiger partial charge is 0.396 e. The Balaban J connectivity index is 1.92. The fourth-order valence-electron chi connectivity index (χ4n) is 2.79. The molecule has 0 aromatic heterocycles. The lowest BCUT2D eigenvalue weighted by molar-refractivity contribution is -0.126. The van der Waals surface area contributed by atoms with Crippen molar-refractivity contribution < 1.29 is 14.7 Å². The number of carbonyl (C=O) groups is 2. The molecule has 2 N–H and O–H groups in total. The SMILES string of the molecule is CCc1ccc(N2CC(C(=O)NCC(C)CCO)CC2=O)cc1. The predicted octanol–water partition coefficient (Wildman–Crippen LogP) is 1.74. The molecule has 1 heterocycles. The van der Waals surface area contributed by atoms with Crippen molar-refractivity contribution in [3.05, 3.63) is 29.8 Å². The summed E-state index contributed by atoms with van der Waals surface area (Å²) in [6, 6.07) is 7.93. The summed E-state index contributed by atoms with van der Waals surface area (Å²) in [5.74, 6) is -0.137. The molecule has 2 unspecified atom stereocenters. The third-order valence-corrected chi connectivity index (χ3v) is 4.40. The summed E-state index contributed by atoms with van der Waals surface area (Å²) >= 11 is 0. The van der Waals surface area contributed by atoms with E-state index in [9.17, 15) is 9.59 Å². The topological polar surface area (TPSA) is 69.6 Å². The van der Waals surface area contributed by atoms with Gasteiger partial charge in [-0.2, -0.15) is 0 Å². The highest BCUT2D eigenvalue weighted by Crippen LogP contribution is 2.25. The number of aliphatic hydroxyl groups excluding tert-OH is 1. The average Bonchev–Trinajstić information content (AvgIpc) is 2.95. The van der Waals surface area contributed by atoms with Gasteiger partial charge in [-0.05, 0) is 36.5 Å². The van der Waals surface area contributed by atoms with Crippen molar-refractivity contribution in [2.75, 3.05) is 24.6 Å². The van der Waals surface area contributed by atoms with Gasteiger partial charge in [-0.15, -0.1) is 0 Å². The number of hydrogen-bond donors (Lipinski definition) is 2. The number of nitrogens with one attached hydrogen (secondary N) is 1. The van der Waals surface area contributed by atoms with Crippen LogP contribution in [0, 0.1) is 11.8 Å². The first-order chi connectivity index (χ1) is 11.0. The number of nitrogens with zero attached hydrogens (tertiary/aromatic N) is 1. The maximum atomic E-state index is 12.2. The van der Waals surface area contributed by atoms with Crippen LogP contribution in [-0.4, -0.2) is 36.6 Å². The first-order valence-electron chi connectivity index (χ1n) is 8.33. The molecule has 5 heteroatoms. The molecule has 0 spiro atoms. The van der Waals surface area contributed by atoms with Crippen LogP contribution in [0.1, 0.15) is 32.3 Å². The van der Waals surface area contributed by atoms with Gasteiger partial charge in [0.2, 0.25) is 11.8 Å². The smallest absolute Gasteiger partial charge is 0.227 e. The van der Waals surface area contributed by atoms with Gasteiger partial charge in [-0.25, -0.2) is 0 Å². The third-order valence-electron chi connectivity index (χ3n) is 4.40. The van der Waals surface area contributed by atoms with Crippen LogP contribution in [0.25, 0.3) is 0 Å². The van der Waals surface area contributed by atoms with E-state index in [-0.39, 0.29) is 36.7 Å². The molecule has 23 heavy (non-hydrogen) atoms. The maximum absolute atomic E-state index is 12.2. The van der Waals surface area contributed by atoms with Crippen LogP contribution >= 0.6 is 0 Å². The molecule has 2 rings (SSSR count). The predicted molar refractivity (Wildman–Crippen MR) is 90.2 cm³/mol. The van der Waals surface area contributed by atoms with Crippen molar-refractivity contribution in [1.29, 1.82) is 0 Å². The Labute approximate surface area is 137 Å². The monoisotopic (exact) mass is 318 g/mol. The van der Waals surface area contributed by atoms with E-state index in [2.05, 4.69) is 12.2 Å². The molecular formula is C18H26N2O3. The molecular weight excluding hydrogens is 292 g/mol. The van der Waals surface area contributed by atoms with Crippen molar-refractivity contribution in [2.45, 2.75) is 33.1 Å². The first kappa shape index (κ1) is 17.5. The molecule has 0 saturated carbocycles. The van der Waals surface area contributed by atoms with Crippen molar-refractivity contribution in [3.8, 4) is 0 Å². The summed E-state index contributed by atoms with van der Waals surface area (Å²) < 4.78 is 0. The lowest BCUT2D eigenvalue weighted by Gasteiger charge is -2.17. The molecule has 0 bridgehead atoms. The highest BCUT2D eigenvalue weighted by molar-refractivity contribution is 6.00. The number of aliphatic hydroxyl groups is 1. The number of rotatable bonds is 7. The molecule has 1 fully saturated rings. The van der Waals surface area contributed by atoms with Crippen LogP contribution in [0.5, 0.6) is 0 Å². The van der Waals surface area contributed by atoms with E-state index in [0.717, 1.165) is 12.1 Å². The van der Waals surface area contributed by atoms with Gasteiger partial charge in [0.1, 0.15) is 0 Å². The molecule has 1 saturated heterocycles. The molecule has 2 atom stereocenters. The van der Waals surface area contributed by atoms with Crippen molar-refractivity contribution in [2.24, 2.45) is 11.8 Å². The Bertz CT molecular complexity index is 542. The third kappa shape index (κ3) is 4.55. The Hall–Kier alpha value is -1.88. The zero-order chi connectivity index (χ0) is 16.8. The van der Waals surface area contributed by atoms with E-state index in [1.54, 1.807) is 4.90 Å². The van der Waals surface area contributed by atoms with E-state index in [4.69, 9.17) is 5.11 Å². The van der Waals surface area contributed by atoms with Gasteiger partial charge in [0, 0.05) is 31.8 Å². The standard InChI is InChI=1S/C18H26N2O3/c1-3-14-4-6-16(7-5-14)20-12-15(10-17(20)22)18(23)19-11-13(2)8-9-21/h4-7,13,15,21H,3,8-12H2,1-2H3,(H,19,23). The highest BCUT2D eigenvalue weighted by atomic mass is 16.3. The van der Waals surface area contributed by atoms with Gasteiger partial charge in [0.05, 0.1) is 5.92 Å². The Kier molecular flexibility index (Phi) is 6.16. The summed E-state index contributed by atoms with van der Waals surface area (Å²) in [5.41, 5.74) is 2.09. The van der Waals surface area contributed by atoms with E-state index in [0.29, 0.717) is 19.5 Å². The Morgan fingerprint density at radius 1 is 1.39 bits per heavy atom. The van der Waals surface area contributed by atoms with Gasteiger partial charge >= 0.3 is 0 Å². The summed E-state index contributed by atoms with van der Waals surface area (Å²) in [7, 11) is 0. The minimum absolute atomic E-state index is 0.00203. The summed E-state index contributed by atoms with van der Waals surface area (Å²) in [6.45, 7) is 5.17. The zero-order valence-electron chi connectivity index (χ0n) is 13.9. The molecule has 5 nitrogen and oxygen atoms in total. The fraction of sp³-hybridized carbons (Fsp3) is 0.556. The summed E-state index contributed by atoms with van der Waals surface area (Å²) in [4.78, 5) is 26.1. The first-order valence-corrected chi connectivity index (χ1v) is 8.33. The number of hydrogen-bond acceptors (Lipinski definition) is 3. The molecule has 0 aliphatic carbocycles. The molecule has 1 aliphatic rings.